The van der Waals surface area contributed by atoms with Gasteiger partial charge in [0.2, 0.25) is 0 Å². The topological polar surface area (TPSA) is 41.6 Å². The van der Waals surface area contributed by atoms with E-state index in [0.29, 0.717) is 5.75 Å². The van der Waals surface area contributed by atoms with E-state index < -0.39 is 0 Å². The van der Waals surface area contributed by atoms with Gasteiger partial charge in [-0.25, -0.2) is 4.79 Å². The van der Waals surface area contributed by atoms with Crippen molar-refractivity contribution in [2.24, 2.45) is 5.92 Å². The van der Waals surface area contributed by atoms with Gasteiger partial charge in [0.1, 0.15) is 5.75 Å². The van der Waals surface area contributed by atoms with Crippen molar-refractivity contribution in [3.05, 3.63) is 23.8 Å². The van der Waals surface area contributed by atoms with Gasteiger partial charge in [-0.3, -0.25) is 0 Å². The van der Waals surface area contributed by atoms with Crippen molar-refractivity contribution >= 4 is 23.5 Å². The number of nitrogens with zero attached hydrogens (tertiary/aromatic N) is 1. The van der Waals surface area contributed by atoms with Crippen LogP contribution in [0.1, 0.15) is 18.4 Å². The third kappa shape index (κ3) is 4.06. The molecule has 0 unspecified atom stereocenters. The molecule has 0 saturated carbocycles. The monoisotopic (exact) mass is 308 g/mol. The van der Waals surface area contributed by atoms with Crippen LogP contribution in [0.5, 0.6) is 5.75 Å². The first kappa shape index (κ1) is 16.0. The maximum absolute atomic E-state index is 12.4. The number of methoxy groups -OCH3 is 1. The van der Waals surface area contributed by atoms with Crippen molar-refractivity contribution in [1.82, 2.24) is 4.90 Å². The second-order valence-electron chi connectivity index (χ2n) is 5.47. The molecular formula is C16H24N2O2S. The van der Waals surface area contributed by atoms with Gasteiger partial charge in [0.25, 0.3) is 0 Å². The van der Waals surface area contributed by atoms with Gasteiger partial charge in [-0.2, -0.15) is 11.8 Å². The van der Waals surface area contributed by atoms with Crippen LogP contribution in [0, 0.1) is 12.8 Å². The summed E-state index contributed by atoms with van der Waals surface area (Å²) < 4.78 is 5.33. The van der Waals surface area contributed by atoms with Gasteiger partial charge in [0.05, 0.1) is 12.8 Å². The van der Waals surface area contributed by atoms with E-state index >= 15 is 0 Å². The highest BCUT2D eigenvalue weighted by molar-refractivity contribution is 7.98. The molecular weight excluding hydrogens is 284 g/mol. The molecule has 1 fully saturated rings. The highest BCUT2D eigenvalue weighted by Gasteiger charge is 2.23. The highest BCUT2D eigenvalue weighted by atomic mass is 32.2. The summed E-state index contributed by atoms with van der Waals surface area (Å²) in [7, 11) is 1.62. The number of likely N-dealkylation sites (tertiary alicyclic amines) is 1. The number of carbonyl (C=O) groups excluding carboxylic acids is 1. The van der Waals surface area contributed by atoms with Crippen molar-refractivity contribution < 1.29 is 9.53 Å². The Balaban J connectivity index is 1.97. The summed E-state index contributed by atoms with van der Waals surface area (Å²) in [4.78, 5) is 14.3. The van der Waals surface area contributed by atoms with Crippen LogP contribution in [0.2, 0.25) is 0 Å². The van der Waals surface area contributed by atoms with Crippen molar-refractivity contribution in [3.63, 3.8) is 0 Å². The molecule has 0 spiro atoms. The Morgan fingerprint density at radius 3 is 2.76 bits per heavy atom. The molecule has 4 nitrogen and oxygen atoms in total. The van der Waals surface area contributed by atoms with E-state index in [4.69, 9.17) is 4.74 Å². The molecule has 116 valence electrons. The Morgan fingerprint density at radius 1 is 1.43 bits per heavy atom. The van der Waals surface area contributed by atoms with E-state index in [1.807, 2.05) is 41.8 Å². The lowest BCUT2D eigenvalue weighted by atomic mass is 9.99. The lowest BCUT2D eigenvalue weighted by molar-refractivity contribution is 0.187. The SMILES string of the molecule is COc1cccc(C)c1NC(=O)N1CCC(CSC)CC1. The Kier molecular flexibility index (Phi) is 5.79. The van der Waals surface area contributed by atoms with Crippen LogP contribution in [0.25, 0.3) is 0 Å². The maximum Gasteiger partial charge on any atom is 0.321 e. The van der Waals surface area contributed by atoms with E-state index in [2.05, 4.69) is 11.6 Å². The number of aryl methyl sites for hydroxylation is 1. The van der Waals surface area contributed by atoms with Gasteiger partial charge < -0.3 is 15.0 Å². The average molecular weight is 308 g/mol. The second-order valence-corrected chi connectivity index (χ2v) is 6.38. The zero-order valence-electron chi connectivity index (χ0n) is 13.0. The van der Waals surface area contributed by atoms with E-state index in [0.717, 1.165) is 43.1 Å². The van der Waals surface area contributed by atoms with Crippen LogP contribution in [-0.4, -0.2) is 43.1 Å². The molecule has 2 amide bonds. The summed E-state index contributed by atoms with van der Waals surface area (Å²) in [6.07, 6.45) is 4.34. The normalized spacial score (nSPS) is 15.9. The van der Waals surface area contributed by atoms with Crippen molar-refractivity contribution in [2.45, 2.75) is 19.8 Å². The first-order valence-electron chi connectivity index (χ1n) is 7.34. The highest BCUT2D eigenvalue weighted by Crippen LogP contribution is 2.28. The molecule has 0 aromatic heterocycles. The third-order valence-corrected chi connectivity index (χ3v) is 4.80. The number of anilines is 1. The standard InChI is InChI=1S/C16H24N2O2S/c1-12-5-4-6-14(20-2)15(12)17-16(19)18-9-7-13(8-10-18)11-21-3/h4-6,13H,7-11H2,1-3H3,(H,17,19). The number of para-hydroxylation sites is 1. The van der Waals surface area contributed by atoms with Gasteiger partial charge in [0, 0.05) is 13.1 Å². The minimum atomic E-state index is -0.0230. The van der Waals surface area contributed by atoms with Gasteiger partial charge >= 0.3 is 6.03 Å². The van der Waals surface area contributed by atoms with Gasteiger partial charge in [-0.15, -0.1) is 0 Å². The van der Waals surface area contributed by atoms with Crippen LogP contribution in [-0.2, 0) is 0 Å². The van der Waals surface area contributed by atoms with Crippen molar-refractivity contribution in [2.75, 3.05) is 37.5 Å². The zero-order chi connectivity index (χ0) is 15.2. The summed E-state index contributed by atoms with van der Waals surface area (Å²) in [5.41, 5.74) is 1.79. The number of amides is 2. The molecule has 1 heterocycles. The first-order valence-corrected chi connectivity index (χ1v) is 8.73. The van der Waals surface area contributed by atoms with Crippen molar-refractivity contribution in [1.29, 1.82) is 0 Å². The molecule has 0 aliphatic carbocycles. The van der Waals surface area contributed by atoms with Crippen LogP contribution < -0.4 is 10.1 Å². The van der Waals surface area contributed by atoms with Crippen molar-refractivity contribution in [3.8, 4) is 5.75 Å². The number of carbonyl (C=O) groups is 1. The lowest BCUT2D eigenvalue weighted by Crippen LogP contribution is -2.41. The summed E-state index contributed by atoms with van der Waals surface area (Å²) in [6.45, 7) is 3.65. The molecule has 5 heteroatoms. The minimum absolute atomic E-state index is 0.0230. The third-order valence-electron chi connectivity index (χ3n) is 3.99. The van der Waals surface area contributed by atoms with Gasteiger partial charge in [0.15, 0.2) is 0 Å². The summed E-state index contributed by atoms with van der Waals surface area (Å²) in [5.74, 6) is 2.65. The second kappa shape index (κ2) is 7.59. The minimum Gasteiger partial charge on any atom is -0.495 e. The predicted molar refractivity (Wildman–Crippen MR) is 89.4 cm³/mol. The Labute approximate surface area is 131 Å². The van der Waals surface area contributed by atoms with Crippen LogP contribution in [0.15, 0.2) is 18.2 Å². The quantitative estimate of drug-likeness (QED) is 0.924. The Bertz CT molecular complexity index is 485. The number of hydrogen-bond acceptors (Lipinski definition) is 3. The largest absolute Gasteiger partial charge is 0.495 e. The molecule has 1 aliphatic heterocycles. The number of ether oxygens (including phenoxy) is 1. The number of benzene rings is 1. The van der Waals surface area contributed by atoms with E-state index in [9.17, 15) is 4.79 Å². The summed E-state index contributed by atoms with van der Waals surface area (Å²) >= 11 is 1.89. The molecule has 1 aliphatic rings. The number of hydrogen-bond donors (Lipinski definition) is 1. The smallest absolute Gasteiger partial charge is 0.321 e. The fourth-order valence-electron chi connectivity index (χ4n) is 2.70. The van der Waals surface area contributed by atoms with Crippen LogP contribution in [0.3, 0.4) is 0 Å². The number of piperidine rings is 1. The zero-order valence-corrected chi connectivity index (χ0v) is 13.8. The molecule has 0 atom stereocenters. The fourth-order valence-corrected chi connectivity index (χ4v) is 3.50. The summed E-state index contributed by atoms with van der Waals surface area (Å²) in [6, 6.07) is 5.75. The number of nitrogens with one attached hydrogen (secondary N) is 1. The predicted octanol–water partition coefficient (Wildman–Crippen LogP) is 3.61. The lowest BCUT2D eigenvalue weighted by Gasteiger charge is -2.32. The number of thioether (sulfide) groups is 1. The molecule has 21 heavy (non-hydrogen) atoms. The van der Waals surface area contributed by atoms with E-state index in [-0.39, 0.29) is 6.03 Å². The average Bonchev–Trinajstić information content (AvgIpc) is 2.50. The van der Waals surface area contributed by atoms with E-state index in [1.165, 1.54) is 5.75 Å². The molecule has 0 radical (unpaired) electrons. The molecule has 2 rings (SSSR count). The Hall–Kier alpha value is -1.36. The van der Waals surface area contributed by atoms with E-state index in [1.54, 1.807) is 7.11 Å². The summed E-state index contributed by atoms with van der Waals surface area (Å²) in [5, 5.41) is 3.00. The van der Waals surface area contributed by atoms with Crippen LogP contribution in [0.4, 0.5) is 10.5 Å². The Morgan fingerprint density at radius 2 is 2.14 bits per heavy atom. The fraction of sp³-hybridized carbons (Fsp3) is 0.562. The number of rotatable bonds is 4. The molecule has 1 aromatic carbocycles. The first-order chi connectivity index (χ1) is 10.2. The molecule has 1 N–H and O–H groups in total. The van der Waals surface area contributed by atoms with Gasteiger partial charge in [-0.05, 0) is 49.3 Å². The molecule has 1 aromatic rings. The molecule has 1 saturated heterocycles. The number of urea groups is 1. The van der Waals surface area contributed by atoms with Crippen LogP contribution >= 0.6 is 11.8 Å². The molecule has 0 bridgehead atoms. The maximum atomic E-state index is 12.4. The van der Waals surface area contributed by atoms with Gasteiger partial charge in [-0.1, -0.05) is 12.1 Å².